The average molecular weight is 436 g/mol. The highest BCUT2D eigenvalue weighted by Gasteiger charge is 2.48. The second-order valence-electron chi connectivity index (χ2n) is 7.39. The molecule has 3 atom stereocenters. The fraction of sp³-hybridized carbons (Fsp3) is 0.409. The van der Waals surface area contributed by atoms with Gasteiger partial charge in [-0.05, 0) is 38.3 Å². The lowest BCUT2D eigenvalue weighted by atomic mass is 9.69. The minimum Gasteiger partial charge on any atom is -0.468 e. The highest BCUT2D eigenvalue weighted by atomic mass is 35.5. The van der Waals surface area contributed by atoms with Crippen molar-refractivity contribution in [3.05, 3.63) is 57.1 Å². The largest absolute Gasteiger partial charge is 0.468 e. The Morgan fingerprint density at radius 1 is 1.33 bits per heavy atom. The van der Waals surface area contributed by atoms with E-state index in [2.05, 4.69) is 5.32 Å². The van der Waals surface area contributed by atoms with Gasteiger partial charge in [-0.3, -0.25) is 9.59 Å². The molecule has 0 unspecified atom stereocenters. The molecule has 0 bridgehead atoms. The van der Waals surface area contributed by atoms with Gasteiger partial charge in [-0.1, -0.05) is 24.6 Å². The summed E-state index contributed by atoms with van der Waals surface area (Å²) in [6.45, 7) is 5.20. The fourth-order valence-corrected chi connectivity index (χ4v) is 4.51. The van der Waals surface area contributed by atoms with Crippen LogP contribution in [0.25, 0.3) is 0 Å². The summed E-state index contributed by atoms with van der Waals surface area (Å²) >= 11 is 6.33. The number of Topliss-reactive ketones (excluding diaryl/α,β-unsaturated/α-hetero) is 1. The van der Waals surface area contributed by atoms with E-state index in [1.807, 2.05) is 0 Å². The third kappa shape index (κ3) is 3.62. The molecule has 1 aromatic carbocycles. The highest BCUT2D eigenvalue weighted by molar-refractivity contribution is 6.31. The van der Waals surface area contributed by atoms with Crippen molar-refractivity contribution >= 4 is 29.3 Å². The number of rotatable bonds is 4. The summed E-state index contributed by atoms with van der Waals surface area (Å²) in [6, 6.07) is 4.16. The second-order valence-corrected chi connectivity index (χ2v) is 7.80. The normalized spacial score (nSPS) is 23.7. The number of carbonyl (C=O) groups excluding carboxylic acids is 3. The maximum absolute atomic E-state index is 15.0. The summed E-state index contributed by atoms with van der Waals surface area (Å²) in [5.74, 6) is -4.99. The van der Waals surface area contributed by atoms with Gasteiger partial charge in [0.05, 0.1) is 25.2 Å². The van der Waals surface area contributed by atoms with Gasteiger partial charge in [0, 0.05) is 27.6 Å². The zero-order valence-electron chi connectivity index (χ0n) is 17.2. The Morgan fingerprint density at radius 2 is 2.03 bits per heavy atom. The molecule has 30 heavy (non-hydrogen) atoms. The number of hydrogen-bond acceptors (Lipinski definition) is 6. The monoisotopic (exact) mass is 435 g/mol. The number of ether oxygens (including phenoxy) is 2. The average Bonchev–Trinajstić information content (AvgIpc) is 2.67. The lowest BCUT2D eigenvalue weighted by molar-refractivity contribution is -0.151. The summed E-state index contributed by atoms with van der Waals surface area (Å²) in [7, 11) is 1.21. The molecule has 6 nitrogen and oxygen atoms in total. The van der Waals surface area contributed by atoms with Crippen molar-refractivity contribution in [2.75, 3.05) is 13.7 Å². The van der Waals surface area contributed by atoms with Crippen LogP contribution in [-0.2, 0) is 23.9 Å². The number of hydrogen-bond donors (Lipinski definition) is 1. The Bertz CT molecular complexity index is 963. The van der Waals surface area contributed by atoms with Crippen LogP contribution in [0.5, 0.6) is 0 Å². The molecule has 0 saturated heterocycles. The van der Waals surface area contributed by atoms with Crippen LogP contribution in [0.3, 0.4) is 0 Å². The van der Waals surface area contributed by atoms with Gasteiger partial charge < -0.3 is 14.8 Å². The number of esters is 2. The molecule has 0 radical (unpaired) electrons. The van der Waals surface area contributed by atoms with Gasteiger partial charge in [-0.25, -0.2) is 9.18 Å². The van der Waals surface area contributed by atoms with Gasteiger partial charge in [0.25, 0.3) is 0 Å². The molecule has 8 heteroatoms. The Kier molecular flexibility index (Phi) is 6.31. The number of ketones is 1. The number of methoxy groups -OCH3 is 1. The first kappa shape index (κ1) is 22.0. The zero-order chi connectivity index (χ0) is 22.2. The first-order valence-electron chi connectivity index (χ1n) is 9.66. The van der Waals surface area contributed by atoms with Crippen LogP contribution in [0.1, 0.15) is 38.7 Å². The third-order valence-electron chi connectivity index (χ3n) is 5.53. The van der Waals surface area contributed by atoms with Crippen molar-refractivity contribution < 1.29 is 28.2 Å². The van der Waals surface area contributed by atoms with Crippen LogP contribution >= 0.6 is 11.6 Å². The second kappa shape index (κ2) is 8.60. The Hall–Kier alpha value is -2.67. The van der Waals surface area contributed by atoms with Crippen LogP contribution in [0.15, 0.2) is 40.7 Å². The molecule has 1 aliphatic heterocycles. The number of nitrogens with one attached hydrogen (secondary N) is 1. The summed E-state index contributed by atoms with van der Waals surface area (Å²) in [5, 5.41) is 3.18. The molecule has 0 fully saturated rings. The summed E-state index contributed by atoms with van der Waals surface area (Å²) in [6.07, 6.45) is 0.358. The van der Waals surface area contributed by atoms with E-state index in [1.54, 1.807) is 20.8 Å². The first-order chi connectivity index (χ1) is 14.2. The van der Waals surface area contributed by atoms with Crippen LogP contribution in [0.2, 0.25) is 5.02 Å². The SMILES string of the molecule is CCOC(=O)C1=C(C)NC2=C(C(=O)[C@@H](C(=O)OC)[C@@H](C)C2)[C@@H]1c1c(F)cccc1Cl. The van der Waals surface area contributed by atoms with E-state index >= 15 is 0 Å². The Balaban J connectivity index is 2.26. The molecule has 1 aliphatic carbocycles. The molecule has 0 spiro atoms. The van der Waals surface area contributed by atoms with Gasteiger partial charge >= 0.3 is 11.9 Å². The number of benzene rings is 1. The number of dihydropyridines is 1. The highest BCUT2D eigenvalue weighted by Crippen LogP contribution is 2.47. The standard InChI is InChI=1S/C22H23ClFNO5/c1-5-30-22(28)16-11(3)25-14-9-10(2)15(21(27)29-4)20(26)18(14)19(16)17-12(23)7-6-8-13(17)24/h6-8,10,15,19,25H,5,9H2,1-4H3/t10-,15-,19-/m0/s1. The van der Waals surface area contributed by atoms with Gasteiger partial charge in [0.2, 0.25) is 0 Å². The maximum atomic E-state index is 15.0. The quantitative estimate of drug-likeness (QED) is 0.574. The van der Waals surface area contributed by atoms with Crippen molar-refractivity contribution in [1.29, 1.82) is 0 Å². The maximum Gasteiger partial charge on any atom is 0.336 e. The van der Waals surface area contributed by atoms with Gasteiger partial charge in [-0.15, -0.1) is 0 Å². The molecule has 3 rings (SSSR count). The van der Waals surface area contributed by atoms with Crippen LogP contribution < -0.4 is 5.32 Å². The minimum absolute atomic E-state index is 0.00193. The van der Waals surface area contributed by atoms with E-state index in [-0.39, 0.29) is 34.3 Å². The van der Waals surface area contributed by atoms with Crippen molar-refractivity contribution in [3.63, 3.8) is 0 Å². The summed E-state index contributed by atoms with van der Waals surface area (Å²) < 4.78 is 25.0. The van der Waals surface area contributed by atoms with Crippen LogP contribution in [0, 0.1) is 17.7 Å². The molecular weight excluding hydrogens is 413 g/mol. The van der Waals surface area contributed by atoms with Crippen molar-refractivity contribution in [3.8, 4) is 0 Å². The lowest BCUT2D eigenvalue weighted by Crippen LogP contribution is -2.43. The number of halogens is 2. The molecule has 0 amide bonds. The number of allylic oxidation sites excluding steroid dienone is 3. The predicted molar refractivity (Wildman–Crippen MR) is 108 cm³/mol. The summed E-state index contributed by atoms with van der Waals surface area (Å²) in [5.41, 5.74) is 1.23. The minimum atomic E-state index is -1.10. The summed E-state index contributed by atoms with van der Waals surface area (Å²) in [4.78, 5) is 38.6. The molecule has 0 saturated carbocycles. The van der Waals surface area contributed by atoms with E-state index in [0.717, 1.165) is 0 Å². The fourth-order valence-electron chi connectivity index (χ4n) is 4.24. The predicted octanol–water partition coefficient (Wildman–Crippen LogP) is 3.66. The van der Waals surface area contributed by atoms with E-state index in [9.17, 15) is 18.8 Å². The topological polar surface area (TPSA) is 81.7 Å². The van der Waals surface area contributed by atoms with E-state index in [0.29, 0.717) is 17.8 Å². The van der Waals surface area contributed by atoms with Gasteiger partial charge in [-0.2, -0.15) is 0 Å². The molecule has 1 heterocycles. The number of carbonyl (C=O) groups is 3. The molecular formula is C22H23ClFNO5. The van der Waals surface area contributed by atoms with E-state index in [1.165, 1.54) is 25.3 Å². The van der Waals surface area contributed by atoms with Gasteiger partial charge in [0.1, 0.15) is 11.7 Å². The smallest absolute Gasteiger partial charge is 0.336 e. The van der Waals surface area contributed by atoms with Crippen molar-refractivity contribution in [1.82, 2.24) is 5.32 Å². The molecule has 1 N–H and O–H groups in total. The Morgan fingerprint density at radius 3 is 2.63 bits per heavy atom. The molecule has 160 valence electrons. The third-order valence-corrected chi connectivity index (χ3v) is 5.86. The first-order valence-corrected chi connectivity index (χ1v) is 10.0. The van der Waals surface area contributed by atoms with Crippen molar-refractivity contribution in [2.24, 2.45) is 11.8 Å². The molecule has 0 aromatic heterocycles. The zero-order valence-corrected chi connectivity index (χ0v) is 17.9. The van der Waals surface area contributed by atoms with Crippen LogP contribution in [-0.4, -0.2) is 31.4 Å². The van der Waals surface area contributed by atoms with E-state index < -0.39 is 35.4 Å². The molecule has 2 aliphatic rings. The lowest BCUT2D eigenvalue weighted by Gasteiger charge is -2.38. The van der Waals surface area contributed by atoms with Crippen LogP contribution in [0.4, 0.5) is 4.39 Å². The van der Waals surface area contributed by atoms with Crippen molar-refractivity contribution in [2.45, 2.75) is 33.1 Å². The van der Waals surface area contributed by atoms with Gasteiger partial charge in [0.15, 0.2) is 5.78 Å². The Labute approximate surface area is 179 Å². The molecule has 1 aromatic rings. The van der Waals surface area contributed by atoms with E-state index in [4.69, 9.17) is 21.1 Å².